The van der Waals surface area contributed by atoms with E-state index in [1.807, 2.05) is 0 Å². The molecule has 1 aliphatic rings. The lowest BCUT2D eigenvalue weighted by molar-refractivity contribution is -0.139. The number of amides is 12. The maximum atomic E-state index is 14.4. The van der Waals surface area contributed by atoms with Gasteiger partial charge in [-0.1, -0.05) is 40.5 Å². The molecule has 0 radical (unpaired) electrons. The minimum atomic E-state index is -1.68. The molecule has 1 aromatic heterocycles. The molecule has 33 heteroatoms. The normalized spacial score (nSPS) is 24.1. The molecule has 0 unspecified atom stereocenters. The van der Waals surface area contributed by atoms with E-state index in [9.17, 15) is 72.5 Å². The lowest BCUT2D eigenvalue weighted by Crippen LogP contribution is -2.61. The summed E-state index contributed by atoms with van der Waals surface area (Å²) in [6, 6.07) is -13.8. The Morgan fingerprint density at radius 3 is 1.56 bits per heavy atom. The van der Waals surface area contributed by atoms with Crippen LogP contribution in [0.3, 0.4) is 0 Å². The molecule has 2 heterocycles. The molecular formula is C54H91N17O15S. The van der Waals surface area contributed by atoms with Crippen molar-refractivity contribution in [3.63, 3.8) is 0 Å². The maximum Gasteiger partial charge on any atom is 0.303 e. The molecule has 87 heavy (non-hydrogen) atoms. The van der Waals surface area contributed by atoms with Crippen LogP contribution in [0.25, 0.3) is 0 Å². The highest BCUT2D eigenvalue weighted by Gasteiger charge is 2.37. The summed E-state index contributed by atoms with van der Waals surface area (Å²) >= 11 is 1.28. The van der Waals surface area contributed by atoms with E-state index in [0.29, 0.717) is 31.4 Å². The second kappa shape index (κ2) is 39.6. The number of aliphatic hydroxyl groups is 1. The van der Waals surface area contributed by atoms with E-state index in [0.717, 1.165) is 0 Å². The number of imidazole rings is 1. The number of nitrogens with two attached hydrogens (primary N) is 4. The number of aliphatic imine (C=N–C) groups is 1. The largest absolute Gasteiger partial charge is 0.481 e. The summed E-state index contributed by atoms with van der Waals surface area (Å²) in [5.74, 6) is -13.0. The Morgan fingerprint density at radius 2 is 1.06 bits per heavy atom. The van der Waals surface area contributed by atoms with Gasteiger partial charge in [0.2, 0.25) is 70.9 Å². The number of nitrogens with zero attached hydrogens (tertiary/aromatic N) is 2. The van der Waals surface area contributed by atoms with Crippen molar-refractivity contribution < 1.29 is 72.5 Å². The average Bonchev–Trinajstić information content (AvgIpc) is 4.11. The van der Waals surface area contributed by atoms with Gasteiger partial charge in [0.15, 0.2) is 5.96 Å². The van der Waals surface area contributed by atoms with Crippen molar-refractivity contribution in [2.75, 3.05) is 25.1 Å². The van der Waals surface area contributed by atoms with Crippen molar-refractivity contribution in [1.82, 2.24) is 63.1 Å². The van der Waals surface area contributed by atoms with E-state index in [2.05, 4.69) is 68.1 Å². The van der Waals surface area contributed by atoms with Crippen LogP contribution in [-0.2, 0) is 68.7 Å². The van der Waals surface area contributed by atoms with Crippen LogP contribution in [0.2, 0.25) is 0 Å². The third-order valence-electron chi connectivity index (χ3n) is 13.5. The summed E-state index contributed by atoms with van der Waals surface area (Å²) < 4.78 is 0. The lowest BCUT2D eigenvalue weighted by atomic mass is 10.0. The number of carbonyl (C=O) groups is 13. The highest BCUT2D eigenvalue weighted by molar-refractivity contribution is 7.98. The van der Waals surface area contributed by atoms with Crippen LogP contribution in [0.1, 0.15) is 137 Å². The lowest BCUT2D eigenvalue weighted by Gasteiger charge is -2.29. The number of carboxylic acid groups (broad SMARTS) is 1. The first-order valence-corrected chi connectivity index (χ1v) is 30.4. The van der Waals surface area contributed by atoms with Crippen molar-refractivity contribution in [2.45, 2.75) is 198 Å². The number of nitrogens with one attached hydrogen (secondary N) is 11. The number of H-pyrrole nitrogens is 1. The molecule has 0 spiro atoms. The Morgan fingerprint density at radius 1 is 0.586 bits per heavy atom. The first kappa shape index (κ1) is 75.0. The standard InChI is InChI=1S/C54H91N17O15S/c1-28(2)22-36-45(78)60-19-10-8-7-9-13-42(75)71-44(30(5)72)53(86)66-34(15-17-43(76)77)47(80)63-32(12-11-20-61-54(57)58)46(79)65-35(18-21-87-6)49(82)64-33(14-16-40(55)73)48(81)68-37(23-29(3)4)50(83)69-38(24-31-26-59-27-62-31)51(84)70-39(25-41(56)74)52(85)67-36/h26-30,32-39,44,72H,7-25H2,1-6H3,(H2,55,73)(H2,56,74)(H,59,62)(H,60,78)(H,63,80)(H,64,82)(H,65,79)(H,66,86)(H,67,85)(H,68,81)(H,69,83)(H,70,84)(H,71,75)(H,76,77)(H4,57,58,61)/t30-,32+,33+,34+,35+,36+,37+,38+,39+,44+/m1/s1. The van der Waals surface area contributed by atoms with Gasteiger partial charge in [-0.05, 0) is 88.6 Å². The van der Waals surface area contributed by atoms with Crippen LogP contribution < -0.4 is 76.1 Å². The number of primary amides is 2. The number of aromatic nitrogens is 2. The Kier molecular flexibility index (Phi) is 34.1. The van der Waals surface area contributed by atoms with Crippen LogP contribution in [-0.4, -0.2) is 189 Å². The number of carbonyl (C=O) groups excluding carboxylic acids is 12. The molecule has 21 N–H and O–H groups in total. The smallest absolute Gasteiger partial charge is 0.303 e. The Balaban J connectivity index is 2.79. The van der Waals surface area contributed by atoms with Gasteiger partial charge >= 0.3 is 5.97 Å². The molecule has 488 valence electrons. The van der Waals surface area contributed by atoms with E-state index in [1.165, 1.54) is 31.2 Å². The molecular weight excluding hydrogens is 1160 g/mol. The molecule has 1 fully saturated rings. The molecule has 0 saturated carbocycles. The molecule has 2 rings (SSSR count). The maximum absolute atomic E-state index is 14.4. The molecule has 0 aliphatic carbocycles. The molecule has 10 atom stereocenters. The topological polar surface area (TPSA) is 528 Å². The number of aromatic amines is 1. The number of hydrogen-bond donors (Lipinski definition) is 17. The fourth-order valence-corrected chi connectivity index (χ4v) is 9.40. The van der Waals surface area contributed by atoms with Gasteiger partial charge in [-0.2, -0.15) is 11.8 Å². The minimum Gasteiger partial charge on any atom is -0.481 e. The Bertz CT molecular complexity index is 2510. The fraction of sp³-hybridized carbons (Fsp3) is 0.685. The van der Waals surface area contributed by atoms with Crippen LogP contribution in [0, 0.1) is 11.8 Å². The summed E-state index contributed by atoms with van der Waals surface area (Å²) in [7, 11) is 0. The van der Waals surface area contributed by atoms with Gasteiger partial charge < -0.3 is 91.3 Å². The monoisotopic (exact) mass is 1250 g/mol. The average molecular weight is 1250 g/mol. The van der Waals surface area contributed by atoms with Gasteiger partial charge in [0, 0.05) is 50.7 Å². The second-order valence-electron chi connectivity index (χ2n) is 22.1. The highest BCUT2D eigenvalue weighted by Crippen LogP contribution is 2.14. The van der Waals surface area contributed by atoms with Gasteiger partial charge in [0.05, 0.1) is 18.9 Å². The number of guanidine groups is 1. The summed E-state index contributed by atoms with van der Waals surface area (Å²) in [6.45, 7) is 8.34. The first-order valence-electron chi connectivity index (χ1n) is 29.0. The van der Waals surface area contributed by atoms with Gasteiger partial charge in [-0.25, -0.2) is 4.98 Å². The van der Waals surface area contributed by atoms with Crippen LogP contribution in [0.4, 0.5) is 0 Å². The first-order chi connectivity index (χ1) is 41.0. The van der Waals surface area contributed by atoms with Gasteiger partial charge in [-0.3, -0.25) is 67.3 Å². The van der Waals surface area contributed by atoms with E-state index < -0.39 is 169 Å². The van der Waals surface area contributed by atoms with Gasteiger partial charge in [-0.15, -0.1) is 0 Å². The molecule has 0 aromatic carbocycles. The minimum absolute atomic E-state index is 0.0394. The fourth-order valence-electron chi connectivity index (χ4n) is 8.93. The Labute approximate surface area is 509 Å². The molecule has 0 bridgehead atoms. The number of rotatable bonds is 22. The Hall–Kier alpha value is -8.10. The zero-order chi connectivity index (χ0) is 65.3. The third-order valence-corrected chi connectivity index (χ3v) is 14.1. The number of hydrogen-bond acceptors (Lipinski definition) is 17. The third kappa shape index (κ3) is 30.2. The van der Waals surface area contributed by atoms with Crippen molar-refractivity contribution >= 4 is 94.6 Å². The highest BCUT2D eigenvalue weighted by atomic mass is 32.2. The zero-order valence-corrected chi connectivity index (χ0v) is 51.1. The van der Waals surface area contributed by atoms with Crippen LogP contribution >= 0.6 is 11.8 Å². The number of aliphatic hydroxyl groups excluding tert-OH is 1. The predicted octanol–water partition coefficient (Wildman–Crippen LogP) is -4.32. The van der Waals surface area contributed by atoms with E-state index in [4.69, 9.17) is 22.9 Å². The molecule has 1 aliphatic heterocycles. The van der Waals surface area contributed by atoms with Gasteiger partial charge in [0.1, 0.15) is 54.4 Å². The second-order valence-corrected chi connectivity index (χ2v) is 23.1. The summed E-state index contributed by atoms with van der Waals surface area (Å²) in [4.78, 5) is 188. The SMILES string of the molecule is CSCC[C@@H]1NC(=O)[C@H](CCCN=C(N)N)NC(=O)[C@H](CCC(=O)O)NC(=O)[C@H]([C@@H](C)O)NC(=O)CCCCCCNC(=O)[C@H](CC(C)C)NC(=O)[C@H](CC(N)=O)NC(=O)[C@H](Cc2cnc[nH]2)NC(=O)[C@H](CC(C)C)NC(=O)[C@H](CCC(N)=O)NC1=O. The number of aliphatic carboxylic acids is 1. The van der Waals surface area contributed by atoms with Crippen LogP contribution in [0.5, 0.6) is 0 Å². The summed E-state index contributed by atoms with van der Waals surface area (Å²) in [6.07, 6.45) is 1.08. The van der Waals surface area contributed by atoms with Crippen molar-refractivity contribution in [3.8, 4) is 0 Å². The van der Waals surface area contributed by atoms with Crippen LogP contribution in [0.15, 0.2) is 17.5 Å². The van der Waals surface area contributed by atoms with E-state index in [1.54, 1.807) is 34.0 Å². The van der Waals surface area contributed by atoms with E-state index >= 15 is 0 Å². The number of carboxylic acids is 1. The molecule has 1 saturated heterocycles. The quantitative estimate of drug-likeness (QED) is 0.0297. The molecule has 32 nitrogen and oxygen atoms in total. The number of thioether (sulfide) groups is 1. The van der Waals surface area contributed by atoms with Crippen molar-refractivity contribution in [3.05, 3.63) is 18.2 Å². The van der Waals surface area contributed by atoms with Crippen molar-refractivity contribution in [2.24, 2.45) is 39.8 Å². The summed E-state index contributed by atoms with van der Waals surface area (Å²) in [5, 5.41) is 45.8. The van der Waals surface area contributed by atoms with Gasteiger partial charge in [0.25, 0.3) is 0 Å². The van der Waals surface area contributed by atoms with E-state index in [-0.39, 0.29) is 81.6 Å². The predicted molar refractivity (Wildman–Crippen MR) is 318 cm³/mol. The molecule has 1 aromatic rings. The summed E-state index contributed by atoms with van der Waals surface area (Å²) in [5.41, 5.74) is 22.4. The molecule has 12 amide bonds. The van der Waals surface area contributed by atoms with Crippen molar-refractivity contribution in [1.29, 1.82) is 0 Å². The zero-order valence-electron chi connectivity index (χ0n) is 50.3.